The normalized spacial score (nSPS) is 9.48. The van der Waals surface area contributed by atoms with Crippen molar-refractivity contribution in [3.63, 3.8) is 0 Å². The van der Waals surface area contributed by atoms with E-state index in [1.807, 2.05) is 0 Å². The number of nitro benzene ring substituents is 4. The third-order valence-electron chi connectivity index (χ3n) is 2.91. The predicted molar refractivity (Wildman–Crippen MR) is 84.2 cm³/mol. The minimum Gasteiger partial charge on any atom is -0.258 e. The molecule has 0 aliphatic heterocycles. The first-order valence-corrected chi connectivity index (χ1v) is 6.42. The molecule has 0 saturated heterocycles. The quantitative estimate of drug-likeness (QED) is 0.596. The van der Waals surface area contributed by atoms with Crippen LogP contribution in [-0.2, 0) is 0 Å². The van der Waals surface area contributed by atoms with Gasteiger partial charge in [-0.25, -0.2) is 0 Å². The number of nitro groups is 4. The lowest BCUT2D eigenvalue weighted by Crippen LogP contribution is -2.00. The summed E-state index contributed by atoms with van der Waals surface area (Å²) in [5.41, 5.74) is -2.02. The van der Waals surface area contributed by atoms with Crippen LogP contribution < -0.4 is 0 Å². The summed E-state index contributed by atoms with van der Waals surface area (Å²) in [6, 6.07) is 9.33. The fraction of sp³-hybridized carbons (Fsp3) is 0.0769. The van der Waals surface area contributed by atoms with Crippen molar-refractivity contribution < 1.29 is 19.7 Å². The second-order valence-electron chi connectivity index (χ2n) is 4.47. The summed E-state index contributed by atoms with van der Waals surface area (Å²) in [5, 5.41) is 41.5. The largest absolute Gasteiger partial charge is 0.286 e. The zero-order valence-corrected chi connectivity index (χ0v) is 12.6. The molecule has 0 spiro atoms. The molecule has 2 rings (SSSR count). The van der Waals surface area contributed by atoms with Gasteiger partial charge in [-0.1, -0.05) is 18.2 Å². The van der Waals surface area contributed by atoms with Crippen LogP contribution in [0.2, 0.25) is 0 Å². The van der Waals surface area contributed by atoms with Crippen molar-refractivity contribution in [2.45, 2.75) is 6.92 Å². The maximum absolute atomic E-state index is 10.5. The van der Waals surface area contributed by atoms with E-state index in [4.69, 9.17) is 0 Å². The lowest BCUT2D eigenvalue weighted by atomic mass is 10.1. The third kappa shape index (κ3) is 5.02. The molecule has 0 atom stereocenters. The summed E-state index contributed by atoms with van der Waals surface area (Å²) < 4.78 is 0. The van der Waals surface area contributed by atoms with Gasteiger partial charge in [0.15, 0.2) is 0 Å². The molecule has 2 aromatic rings. The highest BCUT2D eigenvalue weighted by atomic mass is 16.6. The van der Waals surface area contributed by atoms with Crippen LogP contribution in [-0.4, -0.2) is 19.7 Å². The topological polar surface area (TPSA) is 173 Å². The van der Waals surface area contributed by atoms with E-state index < -0.39 is 36.8 Å². The Morgan fingerprint density at radius 3 is 1.32 bits per heavy atom. The van der Waals surface area contributed by atoms with Crippen LogP contribution >= 0.6 is 0 Å². The average molecular weight is 350 g/mol. The second-order valence-corrected chi connectivity index (χ2v) is 4.47. The maximum atomic E-state index is 10.5. The molecule has 0 bridgehead atoms. The Morgan fingerprint density at radius 2 is 1.04 bits per heavy atom. The van der Waals surface area contributed by atoms with Crippen molar-refractivity contribution in [2.75, 3.05) is 0 Å². The van der Waals surface area contributed by atoms with Gasteiger partial charge in [0, 0.05) is 12.1 Å². The number of hydrogen-bond donors (Lipinski definition) is 0. The number of para-hydroxylation sites is 1. The van der Waals surface area contributed by atoms with Crippen LogP contribution in [0.25, 0.3) is 0 Å². The zero-order valence-electron chi connectivity index (χ0n) is 12.6. The molecule has 25 heavy (non-hydrogen) atoms. The summed E-state index contributed by atoms with van der Waals surface area (Å²) in [6.45, 7) is 1.17. The number of rotatable bonds is 4. The highest BCUT2D eigenvalue weighted by molar-refractivity contribution is 5.59. The molecule has 130 valence electrons. The Bertz CT molecular complexity index is 802. The Balaban J connectivity index is 0.000000293. The summed E-state index contributed by atoms with van der Waals surface area (Å²) in [6.07, 6.45) is 0. The summed E-state index contributed by atoms with van der Waals surface area (Å²) in [7, 11) is 0. The van der Waals surface area contributed by atoms with E-state index in [0.29, 0.717) is 12.1 Å². The molecule has 0 amide bonds. The van der Waals surface area contributed by atoms with Crippen molar-refractivity contribution in [3.8, 4) is 0 Å². The molecular weight excluding hydrogens is 340 g/mol. The number of nitrogens with zero attached hydrogens (tertiary/aromatic N) is 4. The minimum absolute atomic E-state index is 0.137. The van der Waals surface area contributed by atoms with Gasteiger partial charge in [0.2, 0.25) is 0 Å². The van der Waals surface area contributed by atoms with Crippen LogP contribution in [0, 0.1) is 47.4 Å². The summed E-state index contributed by atoms with van der Waals surface area (Å²) >= 11 is 0. The number of benzene rings is 2. The Morgan fingerprint density at radius 1 is 0.640 bits per heavy atom. The van der Waals surface area contributed by atoms with Gasteiger partial charge in [0.05, 0.1) is 31.8 Å². The molecule has 0 fully saturated rings. The van der Waals surface area contributed by atoms with Gasteiger partial charge in [0.1, 0.15) is 5.56 Å². The van der Waals surface area contributed by atoms with Gasteiger partial charge in [-0.3, -0.25) is 40.5 Å². The van der Waals surface area contributed by atoms with Gasteiger partial charge in [0.25, 0.3) is 22.7 Å². The van der Waals surface area contributed by atoms with E-state index in [0.717, 1.165) is 0 Å². The second kappa shape index (κ2) is 8.05. The molecule has 0 N–H and O–H groups in total. The van der Waals surface area contributed by atoms with E-state index in [2.05, 4.69) is 0 Å². The van der Waals surface area contributed by atoms with Gasteiger partial charge >= 0.3 is 0 Å². The maximum Gasteiger partial charge on any atom is 0.286 e. The molecule has 0 radical (unpaired) electrons. The van der Waals surface area contributed by atoms with Crippen LogP contribution in [0.1, 0.15) is 5.56 Å². The van der Waals surface area contributed by atoms with Crippen molar-refractivity contribution in [2.24, 2.45) is 0 Å². The van der Waals surface area contributed by atoms with E-state index in [1.54, 1.807) is 18.2 Å². The molecular formula is C13H10N4O8. The van der Waals surface area contributed by atoms with Gasteiger partial charge in [-0.15, -0.1) is 0 Å². The fourth-order valence-corrected chi connectivity index (χ4v) is 1.70. The Labute approximate surface area is 138 Å². The van der Waals surface area contributed by atoms with Crippen LogP contribution in [0.5, 0.6) is 0 Å². The van der Waals surface area contributed by atoms with Gasteiger partial charge in [-0.2, -0.15) is 0 Å². The van der Waals surface area contributed by atoms with Gasteiger partial charge < -0.3 is 0 Å². The first-order chi connectivity index (χ1) is 11.6. The fourth-order valence-electron chi connectivity index (χ4n) is 1.70. The minimum atomic E-state index is -0.917. The Hall–Kier alpha value is -3.96. The standard InChI is InChI=1S/C7H5N3O6.C6H5NO2/c1-4-6(9(13)14)2-5(8(11)12)3-7(4)10(15)16;8-7(9)6-4-2-1-3-5-6/h2-3H,1H3;1-5H. The average Bonchev–Trinajstić information content (AvgIpc) is 2.55. The third-order valence-corrected chi connectivity index (χ3v) is 2.91. The van der Waals surface area contributed by atoms with Crippen LogP contribution in [0.15, 0.2) is 42.5 Å². The molecule has 0 saturated carbocycles. The SMILES string of the molecule is Cc1c([N+](=O)[O-])cc([N+](=O)[O-])cc1[N+](=O)[O-].O=[N+]([O-])c1ccccc1. The molecule has 0 aromatic heterocycles. The molecule has 12 heteroatoms. The molecule has 2 aromatic carbocycles. The summed E-state index contributed by atoms with van der Waals surface area (Å²) in [5.74, 6) is 0. The number of non-ortho nitro benzene ring substituents is 2. The molecule has 0 heterocycles. The summed E-state index contributed by atoms with van der Waals surface area (Å²) in [4.78, 5) is 38.4. The van der Waals surface area contributed by atoms with Crippen molar-refractivity contribution >= 4 is 22.7 Å². The lowest BCUT2D eigenvalue weighted by Gasteiger charge is -1.99. The van der Waals surface area contributed by atoms with Crippen LogP contribution in [0.4, 0.5) is 22.7 Å². The predicted octanol–water partition coefficient (Wildman–Crippen LogP) is 3.31. The first-order valence-electron chi connectivity index (χ1n) is 6.42. The van der Waals surface area contributed by atoms with Gasteiger partial charge in [-0.05, 0) is 6.92 Å². The highest BCUT2D eigenvalue weighted by Gasteiger charge is 2.27. The van der Waals surface area contributed by atoms with Crippen molar-refractivity contribution in [1.29, 1.82) is 0 Å². The van der Waals surface area contributed by atoms with E-state index in [1.165, 1.54) is 19.1 Å². The first kappa shape index (κ1) is 19.1. The molecule has 0 aliphatic rings. The van der Waals surface area contributed by atoms with E-state index in [-0.39, 0.29) is 11.3 Å². The Kier molecular flexibility index (Phi) is 6.15. The lowest BCUT2D eigenvalue weighted by molar-refractivity contribution is -0.403. The zero-order chi connectivity index (χ0) is 19.1. The highest BCUT2D eigenvalue weighted by Crippen LogP contribution is 2.32. The molecule has 0 unspecified atom stereocenters. The van der Waals surface area contributed by atoms with Crippen LogP contribution in [0.3, 0.4) is 0 Å². The van der Waals surface area contributed by atoms with Crippen molar-refractivity contribution in [3.05, 3.63) is 88.5 Å². The van der Waals surface area contributed by atoms with Crippen molar-refractivity contribution in [1.82, 2.24) is 0 Å². The monoisotopic (exact) mass is 350 g/mol. The molecule has 12 nitrogen and oxygen atoms in total. The van der Waals surface area contributed by atoms with E-state index in [9.17, 15) is 40.5 Å². The van der Waals surface area contributed by atoms with E-state index >= 15 is 0 Å². The molecule has 0 aliphatic carbocycles. The number of hydrogen-bond acceptors (Lipinski definition) is 8. The smallest absolute Gasteiger partial charge is 0.258 e.